The van der Waals surface area contributed by atoms with Crippen LogP contribution in [0.2, 0.25) is 0 Å². The van der Waals surface area contributed by atoms with Crippen LogP contribution >= 0.6 is 34.9 Å². The number of fused-ring (bicyclic) bond motifs is 1. The molecule has 0 spiro atoms. The predicted octanol–water partition coefficient (Wildman–Crippen LogP) is -0.487. The van der Waals surface area contributed by atoms with Crippen LogP contribution < -0.4 is 26.3 Å². The molecule has 0 radical (unpaired) electrons. The molecule has 4 rings (SSSR count). The number of carbonyl (C=O) groups is 3. The molecule has 0 aromatic carbocycles. The molecule has 4 N–H and O–H groups in total. The largest absolute Gasteiger partial charge is 0.543 e. The fourth-order valence-corrected chi connectivity index (χ4v) is 6.63. The van der Waals surface area contributed by atoms with E-state index >= 15 is 0 Å². The van der Waals surface area contributed by atoms with E-state index in [-0.39, 0.29) is 22.2 Å². The number of aliphatic carboxylic acids is 1. The number of thiazole rings is 1. The highest BCUT2D eigenvalue weighted by Gasteiger charge is 2.53. The van der Waals surface area contributed by atoms with Crippen LogP contribution in [0.5, 0.6) is 0 Å². The first kappa shape index (κ1) is 26.8. The first-order valence-corrected chi connectivity index (χ1v) is 14.1. The fourth-order valence-electron chi connectivity index (χ4n) is 3.71. The number of pyridine rings is 1. The summed E-state index contributed by atoms with van der Waals surface area (Å²) in [6.45, 7) is 2.93. The minimum atomic E-state index is -1.42. The molecular formula is C22H25N7O5S3. The molecule has 2 aromatic rings. The number of thioether (sulfide) groups is 2. The number of aromatic nitrogens is 2. The highest BCUT2D eigenvalue weighted by atomic mass is 32.2. The third kappa shape index (κ3) is 5.83. The Morgan fingerprint density at radius 2 is 2.16 bits per heavy atom. The molecule has 0 bridgehead atoms. The average molecular weight is 564 g/mol. The number of carboxylic acid groups (broad SMARTS) is 1. The standard InChI is InChI=1S/C22H25N7O5S3/c1-3-6-24-28-7-4-13(5-8-28)35-9-12-10-36-20-16(19(31)29(20)17(12)21(32)33)26-18(30)15(27-34-2)14-11-37-22(23)25-14/h4-5,7-8,11,16,20,24H,3,6,9-10H2,1-2H3,(H3-,23,25,26,30,32,33)/b27-15-/t16-,20-/m1/s1. The van der Waals surface area contributed by atoms with Crippen molar-refractivity contribution in [2.75, 3.05) is 36.3 Å². The molecular weight excluding hydrogens is 538 g/mol. The summed E-state index contributed by atoms with van der Waals surface area (Å²) in [6, 6.07) is 2.93. The first-order chi connectivity index (χ1) is 17.8. The summed E-state index contributed by atoms with van der Waals surface area (Å²) < 4.78 is 1.86. The van der Waals surface area contributed by atoms with Gasteiger partial charge in [-0.1, -0.05) is 16.8 Å². The summed E-state index contributed by atoms with van der Waals surface area (Å²) in [5.74, 6) is -1.88. The molecule has 2 atom stereocenters. The van der Waals surface area contributed by atoms with Crippen molar-refractivity contribution < 1.29 is 29.0 Å². The van der Waals surface area contributed by atoms with Crippen molar-refractivity contribution in [1.29, 1.82) is 0 Å². The normalized spacial score (nSPS) is 19.2. The van der Waals surface area contributed by atoms with Gasteiger partial charge in [-0.3, -0.25) is 14.5 Å². The van der Waals surface area contributed by atoms with E-state index in [0.717, 1.165) is 29.2 Å². The minimum Gasteiger partial charge on any atom is -0.543 e. The smallest absolute Gasteiger partial charge is 0.276 e. The second-order valence-electron chi connectivity index (χ2n) is 7.93. The van der Waals surface area contributed by atoms with E-state index in [2.05, 4.69) is 27.8 Å². The number of hydrogen-bond donors (Lipinski definition) is 3. The molecule has 0 saturated carbocycles. The zero-order valence-electron chi connectivity index (χ0n) is 20.0. The lowest BCUT2D eigenvalue weighted by Gasteiger charge is -2.50. The van der Waals surface area contributed by atoms with Crippen molar-refractivity contribution in [2.45, 2.75) is 29.7 Å². The highest BCUT2D eigenvalue weighted by molar-refractivity contribution is 8.01. The Kier molecular flexibility index (Phi) is 8.56. The topological polar surface area (TPSA) is 166 Å². The first-order valence-electron chi connectivity index (χ1n) is 11.2. The molecule has 0 aliphatic carbocycles. The van der Waals surface area contributed by atoms with E-state index < -0.39 is 29.2 Å². The molecule has 4 heterocycles. The lowest BCUT2D eigenvalue weighted by Crippen LogP contribution is -2.71. The molecule has 15 heteroatoms. The zero-order valence-corrected chi connectivity index (χ0v) is 22.5. The summed E-state index contributed by atoms with van der Waals surface area (Å²) >= 11 is 3.98. The maximum Gasteiger partial charge on any atom is 0.276 e. The van der Waals surface area contributed by atoms with Gasteiger partial charge in [0, 0.05) is 33.9 Å². The van der Waals surface area contributed by atoms with Gasteiger partial charge in [-0.2, -0.15) is 5.43 Å². The number of rotatable bonds is 11. The van der Waals surface area contributed by atoms with Gasteiger partial charge in [-0.25, -0.2) is 4.98 Å². The molecule has 2 aromatic heterocycles. The summed E-state index contributed by atoms with van der Waals surface area (Å²) in [5, 5.41) is 19.6. The fraction of sp³-hybridized carbons (Fsp3) is 0.364. The van der Waals surface area contributed by atoms with Crippen molar-refractivity contribution in [3.63, 3.8) is 0 Å². The van der Waals surface area contributed by atoms with E-state index in [9.17, 15) is 19.5 Å². The summed E-state index contributed by atoms with van der Waals surface area (Å²) in [5.41, 5.74) is 9.40. The number of carbonyl (C=O) groups excluding carboxylic acids is 3. The van der Waals surface area contributed by atoms with Crippen LogP contribution in [0, 0.1) is 0 Å². The number of nitrogens with zero attached hydrogens (tertiary/aromatic N) is 4. The maximum atomic E-state index is 13.0. The lowest BCUT2D eigenvalue weighted by atomic mass is 10.0. The van der Waals surface area contributed by atoms with E-state index in [1.165, 1.54) is 35.5 Å². The van der Waals surface area contributed by atoms with Crippen LogP contribution in [0.3, 0.4) is 0 Å². The summed E-state index contributed by atoms with van der Waals surface area (Å²) in [6.07, 6.45) is 4.79. The average Bonchev–Trinajstić information content (AvgIpc) is 3.33. The molecule has 2 aliphatic rings. The van der Waals surface area contributed by atoms with Gasteiger partial charge in [0.1, 0.15) is 24.2 Å². The second kappa shape index (κ2) is 11.8. The van der Waals surface area contributed by atoms with Crippen molar-refractivity contribution in [3.8, 4) is 0 Å². The van der Waals surface area contributed by atoms with Crippen molar-refractivity contribution in [2.24, 2.45) is 5.16 Å². The lowest BCUT2D eigenvalue weighted by molar-refractivity contribution is -0.650. The van der Waals surface area contributed by atoms with Crippen LogP contribution in [-0.4, -0.2) is 70.0 Å². The van der Waals surface area contributed by atoms with Crippen LogP contribution in [0.4, 0.5) is 5.13 Å². The Morgan fingerprint density at radius 3 is 2.78 bits per heavy atom. The molecule has 12 nitrogen and oxygen atoms in total. The maximum absolute atomic E-state index is 13.0. The second-order valence-corrected chi connectivity index (χ2v) is 11.0. The van der Waals surface area contributed by atoms with Crippen LogP contribution in [0.25, 0.3) is 0 Å². The van der Waals surface area contributed by atoms with Crippen molar-refractivity contribution in [3.05, 3.63) is 46.9 Å². The van der Waals surface area contributed by atoms with Gasteiger partial charge in [0.15, 0.2) is 10.8 Å². The Labute approximate surface area is 225 Å². The number of nitrogen functional groups attached to an aromatic ring is 1. The highest BCUT2D eigenvalue weighted by Crippen LogP contribution is 2.41. The van der Waals surface area contributed by atoms with Gasteiger partial charge in [0.05, 0.1) is 18.2 Å². The molecule has 196 valence electrons. The van der Waals surface area contributed by atoms with Gasteiger partial charge >= 0.3 is 0 Å². The van der Waals surface area contributed by atoms with Gasteiger partial charge in [0.2, 0.25) is 12.4 Å². The molecule has 2 aliphatic heterocycles. The number of β-lactam (4-membered cyclic amide) rings is 1. The molecule has 1 fully saturated rings. The number of anilines is 1. The predicted molar refractivity (Wildman–Crippen MR) is 139 cm³/mol. The van der Waals surface area contributed by atoms with Crippen LogP contribution in [0.1, 0.15) is 19.0 Å². The van der Waals surface area contributed by atoms with Gasteiger partial charge < -0.3 is 25.8 Å². The molecule has 1 saturated heterocycles. The summed E-state index contributed by atoms with van der Waals surface area (Å²) in [7, 11) is 1.28. The Bertz CT molecular complexity index is 1250. The Hall–Kier alpha value is -3.30. The number of nitrogens with one attached hydrogen (secondary N) is 2. The number of hydrogen-bond acceptors (Lipinski definition) is 12. The molecule has 2 amide bonds. The summed E-state index contributed by atoms with van der Waals surface area (Å²) in [4.78, 5) is 48.8. The number of oxime groups is 1. The van der Waals surface area contributed by atoms with Crippen molar-refractivity contribution in [1.82, 2.24) is 15.2 Å². The quantitative estimate of drug-likeness (QED) is 0.107. The Balaban J connectivity index is 1.44. The van der Waals surface area contributed by atoms with E-state index in [0.29, 0.717) is 17.1 Å². The number of nitrogens with two attached hydrogens (primary N) is 1. The number of amides is 2. The minimum absolute atomic E-state index is 0.135. The van der Waals surface area contributed by atoms with E-state index in [4.69, 9.17) is 10.6 Å². The van der Waals surface area contributed by atoms with Crippen LogP contribution in [0.15, 0.2) is 51.2 Å². The third-order valence-electron chi connectivity index (χ3n) is 5.45. The van der Waals surface area contributed by atoms with E-state index in [1.807, 2.05) is 29.2 Å². The van der Waals surface area contributed by atoms with Crippen LogP contribution in [-0.2, 0) is 19.2 Å². The SMILES string of the molecule is CCCN[n+]1ccc(SCC2=C(C(=O)[O-])N3C(=O)[C@@H](NC(=O)/C(=N\OC)c4csc(N)n4)[C@H]3SC2)cc1. The van der Waals surface area contributed by atoms with Gasteiger partial charge in [-0.15, -0.1) is 34.9 Å². The van der Waals surface area contributed by atoms with Gasteiger partial charge in [-0.05, 0) is 12.0 Å². The number of carboxylic acids is 1. The zero-order chi connectivity index (χ0) is 26.5. The molecule has 37 heavy (non-hydrogen) atoms. The third-order valence-corrected chi connectivity index (χ3v) is 8.56. The Morgan fingerprint density at radius 1 is 1.41 bits per heavy atom. The van der Waals surface area contributed by atoms with E-state index in [1.54, 1.807) is 5.38 Å². The monoisotopic (exact) mass is 563 g/mol. The van der Waals surface area contributed by atoms with Gasteiger partial charge in [0.25, 0.3) is 11.8 Å². The van der Waals surface area contributed by atoms with Crippen molar-refractivity contribution >= 4 is 63.5 Å². The molecule has 0 unspecified atom stereocenters.